The minimum Gasteiger partial charge on any atom is -0.459 e. The second-order valence-electron chi connectivity index (χ2n) is 9.08. The molecule has 22 heavy (non-hydrogen) atoms. The molecule has 1 aliphatic carbocycles. The van der Waals surface area contributed by atoms with Crippen LogP contribution in [0.3, 0.4) is 0 Å². The molecule has 0 aromatic carbocycles. The topological polar surface area (TPSA) is 42.9 Å². The Kier molecular flexibility index (Phi) is 5.58. The molecule has 3 heteroatoms. The van der Waals surface area contributed by atoms with E-state index in [0.29, 0.717) is 11.3 Å². The highest BCUT2D eigenvalue weighted by molar-refractivity contribution is 5.73. The Morgan fingerprint density at radius 2 is 1.41 bits per heavy atom. The van der Waals surface area contributed by atoms with E-state index in [2.05, 4.69) is 39.9 Å². The molecule has 1 saturated heterocycles. The third kappa shape index (κ3) is 4.47. The number of carbonyl (C=O) groups is 1. The molecular formula is C19H36NO2+. The molecule has 0 unspecified atom stereocenters. The van der Waals surface area contributed by atoms with E-state index in [0.717, 1.165) is 31.6 Å². The molecule has 0 aromatic heterocycles. The van der Waals surface area contributed by atoms with Crippen molar-refractivity contribution in [2.45, 2.75) is 78.7 Å². The van der Waals surface area contributed by atoms with Crippen LogP contribution in [0, 0.1) is 23.2 Å². The maximum atomic E-state index is 12.6. The Morgan fingerprint density at radius 3 is 1.91 bits per heavy atom. The van der Waals surface area contributed by atoms with Crippen molar-refractivity contribution in [3.8, 4) is 0 Å². The Labute approximate surface area is 136 Å². The van der Waals surface area contributed by atoms with Crippen LogP contribution in [0.2, 0.25) is 0 Å². The van der Waals surface area contributed by atoms with Gasteiger partial charge in [-0.25, -0.2) is 0 Å². The molecule has 0 bridgehead atoms. The van der Waals surface area contributed by atoms with Crippen LogP contribution in [0.4, 0.5) is 0 Å². The Morgan fingerprint density at radius 1 is 0.864 bits per heavy atom. The average Bonchev–Trinajstić information content (AvgIpc) is 2.47. The van der Waals surface area contributed by atoms with E-state index >= 15 is 0 Å². The highest BCUT2D eigenvalue weighted by atomic mass is 16.6. The summed E-state index contributed by atoms with van der Waals surface area (Å²) in [5.74, 6) is 1.46. The van der Waals surface area contributed by atoms with Gasteiger partial charge in [0.1, 0.15) is 5.60 Å². The summed E-state index contributed by atoms with van der Waals surface area (Å²) >= 11 is 0. The van der Waals surface area contributed by atoms with Crippen molar-refractivity contribution in [3.63, 3.8) is 0 Å². The van der Waals surface area contributed by atoms with Gasteiger partial charge in [0, 0.05) is 18.8 Å². The lowest BCUT2D eigenvalue weighted by Crippen LogP contribution is -2.86. The summed E-state index contributed by atoms with van der Waals surface area (Å²) in [6, 6.07) is 0. The van der Waals surface area contributed by atoms with Gasteiger partial charge in [0.05, 0.1) is 19.0 Å². The van der Waals surface area contributed by atoms with E-state index in [1.54, 1.807) is 0 Å². The zero-order valence-corrected chi connectivity index (χ0v) is 15.3. The first-order valence-corrected chi connectivity index (χ1v) is 9.24. The molecule has 0 spiro atoms. The normalized spacial score (nSPS) is 28.4. The molecule has 1 saturated carbocycles. The molecule has 3 nitrogen and oxygen atoms in total. The first-order valence-electron chi connectivity index (χ1n) is 9.24. The SMILES string of the molecule is CC(C)(C)C1CCC(C(=O)OC(C)(C)C2CC[NH2+]CC2)CC1. The van der Waals surface area contributed by atoms with Crippen molar-refractivity contribution >= 4 is 5.97 Å². The minimum atomic E-state index is -0.299. The predicted octanol–water partition coefficient (Wildman–Crippen LogP) is 3.13. The number of quaternary nitrogens is 1. The zero-order valence-electron chi connectivity index (χ0n) is 15.3. The van der Waals surface area contributed by atoms with Gasteiger partial charge in [0.25, 0.3) is 0 Å². The van der Waals surface area contributed by atoms with Crippen LogP contribution < -0.4 is 5.32 Å². The van der Waals surface area contributed by atoms with Gasteiger partial charge >= 0.3 is 5.97 Å². The van der Waals surface area contributed by atoms with Crippen LogP contribution in [0.25, 0.3) is 0 Å². The Hall–Kier alpha value is -0.570. The predicted molar refractivity (Wildman–Crippen MR) is 89.5 cm³/mol. The lowest BCUT2D eigenvalue weighted by Gasteiger charge is -2.39. The van der Waals surface area contributed by atoms with Crippen molar-refractivity contribution in [2.75, 3.05) is 13.1 Å². The summed E-state index contributed by atoms with van der Waals surface area (Å²) in [6.45, 7) is 13.5. The molecule has 2 N–H and O–H groups in total. The summed E-state index contributed by atoms with van der Waals surface area (Å²) in [5, 5.41) is 2.36. The monoisotopic (exact) mass is 310 g/mol. The molecule has 0 amide bonds. The van der Waals surface area contributed by atoms with E-state index < -0.39 is 0 Å². The maximum absolute atomic E-state index is 12.6. The van der Waals surface area contributed by atoms with E-state index in [-0.39, 0.29) is 17.5 Å². The first-order chi connectivity index (χ1) is 10.2. The van der Waals surface area contributed by atoms with Crippen LogP contribution in [0.15, 0.2) is 0 Å². The number of ether oxygens (including phenoxy) is 1. The van der Waals surface area contributed by atoms with Crippen LogP contribution in [0.1, 0.15) is 73.1 Å². The standard InChI is InChI=1S/C19H35NO2/c1-18(2,3)15-8-6-14(7-9-15)17(21)22-19(4,5)16-10-12-20-13-11-16/h14-16,20H,6-13H2,1-5H3/p+1. The molecule has 1 aliphatic heterocycles. The van der Waals surface area contributed by atoms with Gasteiger partial charge in [-0.3, -0.25) is 4.79 Å². The highest BCUT2D eigenvalue weighted by Crippen LogP contribution is 2.40. The number of nitrogens with two attached hydrogens (primary N) is 1. The van der Waals surface area contributed by atoms with Crippen molar-refractivity contribution < 1.29 is 14.8 Å². The van der Waals surface area contributed by atoms with Crippen molar-refractivity contribution in [3.05, 3.63) is 0 Å². The van der Waals surface area contributed by atoms with Gasteiger partial charge in [-0.1, -0.05) is 20.8 Å². The summed E-state index contributed by atoms with van der Waals surface area (Å²) in [7, 11) is 0. The molecule has 128 valence electrons. The molecular weight excluding hydrogens is 274 g/mol. The van der Waals surface area contributed by atoms with E-state index in [4.69, 9.17) is 4.74 Å². The Bertz CT molecular complexity index is 369. The van der Waals surface area contributed by atoms with Crippen LogP contribution in [-0.4, -0.2) is 24.7 Å². The fraction of sp³-hybridized carbons (Fsp3) is 0.947. The fourth-order valence-corrected chi connectivity index (χ4v) is 4.24. The number of hydrogen-bond donors (Lipinski definition) is 1. The lowest BCUT2D eigenvalue weighted by molar-refractivity contribution is -0.665. The highest BCUT2D eigenvalue weighted by Gasteiger charge is 2.39. The van der Waals surface area contributed by atoms with Crippen LogP contribution in [-0.2, 0) is 9.53 Å². The van der Waals surface area contributed by atoms with Crippen molar-refractivity contribution in [1.82, 2.24) is 0 Å². The van der Waals surface area contributed by atoms with Crippen LogP contribution in [0.5, 0.6) is 0 Å². The summed E-state index contributed by atoms with van der Waals surface area (Å²) in [5.41, 5.74) is 0.0684. The van der Waals surface area contributed by atoms with Gasteiger partial charge in [-0.15, -0.1) is 0 Å². The quantitative estimate of drug-likeness (QED) is 0.814. The molecule has 1 heterocycles. The molecule has 0 aromatic rings. The van der Waals surface area contributed by atoms with Crippen molar-refractivity contribution in [1.29, 1.82) is 0 Å². The summed E-state index contributed by atoms with van der Waals surface area (Å²) < 4.78 is 5.98. The fourth-order valence-electron chi connectivity index (χ4n) is 4.24. The molecule has 0 atom stereocenters. The average molecular weight is 311 g/mol. The third-order valence-electron chi connectivity index (χ3n) is 6.07. The molecule has 2 aliphatic rings. The molecule has 2 rings (SSSR count). The minimum absolute atomic E-state index is 0.0620. The first kappa shape index (κ1) is 17.8. The number of piperidine rings is 1. The van der Waals surface area contributed by atoms with E-state index in [1.165, 1.54) is 25.9 Å². The molecule has 0 radical (unpaired) electrons. The zero-order chi connectivity index (χ0) is 16.4. The second-order valence-corrected chi connectivity index (χ2v) is 9.08. The number of esters is 1. The van der Waals surface area contributed by atoms with Crippen LogP contribution >= 0.6 is 0 Å². The lowest BCUT2D eigenvalue weighted by atomic mass is 9.70. The van der Waals surface area contributed by atoms with E-state index in [1.807, 2.05) is 0 Å². The largest absolute Gasteiger partial charge is 0.459 e. The molecule has 2 fully saturated rings. The van der Waals surface area contributed by atoms with Gasteiger partial charge < -0.3 is 10.1 Å². The number of hydrogen-bond acceptors (Lipinski definition) is 2. The number of rotatable bonds is 3. The summed E-state index contributed by atoms with van der Waals surface area (Å²) in [4.78, 5) is 12.6. The Balaban J connectivity index is 1.85. The van der Waals surface area contributed by atoms with Gasteiger partial charge in [-0.05, 0) is 50.9 Å². The number of carbonyl (C=O) groups excluding carboxylic acids is 1. The van der Waals surface area contributed by atoms with Gasteiger partial charge in [-0.2, -0.15) is 0 Å². The summed E-state index contributed by atoms with van der Waals surface area (Å²) in [6.07, 6.45) is 6.68. The smallest absolute Gasteiger partial charge is 0.309 e. The van der Waals surface area contributed by atoms with E-state index in [9.17, 15) is 4.79 Å². The second kappa shape index (κ2) is 6.90. The third-order valence-corrected chi connectivity index (χ3v) is 6.07. The van der Waals surface area contributed by atoms with Crippen molar-refractivity contribution in [2.24, 2.45) is 23.2 Å². The van der Waals surface area contributed by atoms with Gasteiger partial charge in [0.15, 0.2) is 0 Å². The maximum Gasteiger partial charge on any atom is 0.309 e. The van der Waals surface area contributed by atoms with Gasteiger partial charge in [0.2, 0.25) is 0 Å².